The second-order valence-corrected chi connectivity index (χ2v) is 6.97. The van der Waals surface area contributed by atoms with Crippen LogP contribution in [0.2, 0.25) is 0 Å². The third-order valence-corrected chi connectivity index (χ3v) is 4.76. The number of hydrogen-bond acceptors (Lipinski definition) is 6. The van der Waals surface area contributed by atoms with Gasteiger partial charge in [-0.3, -0.25) is 4.79 Å². The van der Waals surface area contributed by atoms with E-state index in [1.54, 1.807) is 12.1 Å². The molecule has 1 heterocycles. The first kappa shape index (κ1) is 18.3. The van der Waals surface area contributed by atoms with Gasteiger partial charge in [0.1, 0.15) is 17.2 Å². The summed E-state index contributed by atoms with van der Waals surface area (Å²) < 4.78 is 50.2. The fourth-order valence-electron chi connectivity index (χ4n) is 2.82. The van der Waals surface area contributed by atoms with Gasteiger partial charge in [0.15, 0.2) is 0 Å². The van der Waals surface area contributed by atoms with E-state index in [0.29, 0.717) is 22.8 Å². The molecule has 0 aromatic heterocycles. The van der Waals surface area contributed by atoms with Gasteiger partial charge in [-0.15, -0.1) is 3.89 Å². The number of amides is 1. The van der Waals surface area contributed by atoms with Crippen LogP contribution >= 0.6 is 0 Å². The van der Waals surface area contributed by atoms with Crippen LogP contribution in [0.1, 0.15) is 12.0 Å². The van der Waals surface area contributed by atoms with E-state index >= 15 is 0 Å². The lowest BCUT2D eigenvalue weighted by molar-refractivity contribution is -0.128. The van der Waals surface area contributed by atoms with Crippen molar-refractivity contribution in [3.63, 3.8) is 0 Å². The Kier molecular flexibility index (Phi) is 5.53. The summed E-state index contributed by atoms with van der Waals surface area (Å²) in [6.45, 7) is 0.346. The minimum absolute atomic E-state index is 0.00390. The number of carbonyl (C=O) groups is 1. The molecule has 24 heavy (non-hydrogen) atoms. The maximum absolute atomic E-state index is 12.8. The third-order valence-electron chi connectivity index (χ3n) is 3.90. The zero-order valence-electron chi connectivity index (χ0n) is 13.7. The molecular weight excluding hydrogens is 341 g/mol. The number of ether oxygens (including phenoxy) is 3. The van der Waals surface area contributed by atoms with E-state index in [9.17, 15) is 17.1 Å². The zero-order chi connectivity index (χ0) is 17.9. The van der Waals surface area contributed by atoms with Crippen molar-refractivity contribution in [2.24, 2.45) is 5.92 Å². The van der Waals surface area contributed by atoms with E-state index < -0.39 is 21.9 Å². The zero-order valence-corrected chi connectivity index (χ0v) is 14.6. The highest BCUT2D eigenvalue weighted by Gasteiger charge is 2.33. The predicted molar refractivity (Wildman–Crippen MR) is 84.5 cm³/mol. The fourth-order valence-corrected chi connectivity index (χ4v) is 3.61. The first-order chi connectivity index (χ1) is 11.3. The normalized spacial score (nSPS) is 17.9. The van der Waals surface area contributed by atoms with Gasteiger partial charge in [-0.25, -0.2) is 0 Å². The number of rotatable bonds is 7. The van der Waals surface area contributed by atoms with Gasteiger partial charge >= 0.3 is 10.2 Å². The molecule has 0 N–H and O–H groups in total. The molecule has 0 aliphatic carbocycles. The quantitative estimate of drug-likeness (QED) is 0.682. The van der Waals surface area contributed by atoms with Crippen molar-refractivity contribution in [1.29, 1.82) is 0 Å². The van der Waals surface area contributed by atoms with Crippen LogP contribution in [0.15, 0.2) is 12.1 Å². The molecule has 1 atom stereocenters. The highest BCUT2D eigenvalue weighted by Crippen LogP contribution is 2.36. The summed E-state index contributed by atoms with van der Waals surface area (Å²) in [6.07, 6.45) is 0.00390. The van der Waals surface area contributed by atoms with Crippen LogP contribution in [0.25, 0.3) is 0 Å². The Labute approximate surface area is 140 Å². The molecule has 2 rings (SSSR count). The van der Waals surface area contributed by atoms with Crippen LogP contribution in [-0.2, 0) is 21.6 Å². The van der Waals surface area contributed by atoms with Crippen LogP contribution in [0.3, 0.4) is 0 Å². The topological polar surface area (TPSA) is 82.1 Å². The summed E-state index contributed by atoms with van der Waals surface area (Å²) in [5.41, 5.74) is 0.637. The summed E-state index contributed by atoms with van der Waals surface area (Å²) in [5.74, 6) is 0.0839. The monoisotopic (exact) mass is 361 g/mol. The van der Waals surface area contributed by atoms with Gasteiger partial charge in [0.2, 0.25) is 5.91 Å². The minimum Gasteiger partial charge on any atom is -0.496 e. The summed E-state index contributed by atoms with van der Waals surface area (Å²) in [7, 11) is -0.117. The summed E-state index contributed by atoms with van der Waals surface area (Å²) in [5, 5.41) is 0. The molecule has 9 heteroatoms. The van der Waals surface area contributed by atoms with Crippen LogP contribution in [-0.4, -0.2) is 52.9 Å². The van der Waals surface area contributed by atoms with E-state index in [4.69, 9.17) is 14.2 Å². The van der Waals surface area contributed by atoms with Gasteiger partial charge in [0.05, 0.1) is 39.2 Å². The Morgan fingerprint density at radius 1 is 1.17 bits per heavy atom. The van der Waals surface area contributed by atoms with Crippen molar-refractivity contribution < 1.29 is 31.3 Å². The third kappa shape index (κ3) is 4.28. The highest BCUT2D eigenvalue weighted by molar-refractivity contribution is 7.86. The molecule has 1 saturated heterocycles. The van der Waals surface area contributed by atoms with E-state index in [2.05, 4.69) is 0 Å². The van der Waals surface area contributed by atoms with Crippen molar-refractivity contribution in [2.75, 3.05) is 33.6 Å². The molecule has 1 aromatic rings. The Balaban J connectivity index is 2.23. The van der Waals surface area contributed by atoms with Crippen molar-refractivity contribution in [2.45, 2.75) is 13.0 Å². The van der Waals surface area contributed by atoms with Crippen molar-refractivity contribution >= 4 is 16.1 Å². The number of carbonyl (C=O) groups excluding carboxylic acids is 1. The number of nitrogens with zero attached hydrogens (tertiary/aromatic N) is 1. The standard InChI is InChI=1S/C15H20FNO6S/c1-21-11-5-13(22-2)12(14(6-11)23-3)8-17-7-10(4-15(17)18)9-24(16,19)20/h5-6,10H,4,7-9H2,1-3H3. The molecule has 1 aromatic carbocycles. The van der Waals surface area contributed by atoms with Crippen LogP contribution in [0, 0.1) is 5.92 Å². The van der Waals surface area contributed by atoms with Crippen molar-refractivity contribution in [3.05, 3.63) is 17.7 Å². The Morgan fingerprint density at radius 2 is 1.75 bits per heavy atom. The van der Waals surface area contributed by atoms with Gasteiger partial charge in [-0.1, -0.05) is 0 Å². The lowest BCUT2D eigenvalue weighted by atomic mass is 10.1. The van der Waals surface area contributed by atoms with Crippen LogP contribution in [0.5, 0.6) is 17.2 Å². The maximum Gasteiger partial charge on any atom is 0.302 e. The maximum atomic E-state index is 12.8. The Hall–Kier alpha value is -2.03. The molecular formula is C15H20FNO6S. The molecule has 1 aliphatic rings. The first-order valence-electron chi connectivity index (χ1n) is 7.26. The van der Waals surface area contributed by atoms with Crippen LogP contribution < -0.4 is 14.2 Å². The average Bonchev–Trinajstić information content (AvgIpc) is 2.84. The van der Waals surface area contributed by atoms with Crippen molar-refractivity contribution in [3.8, 4) is 17.2 Å². The lowest BCUT2D eigenvalue weighted by Crippen LogP contribution is -2.26. The van der Waals surface area contributed by atoms with E-state index in [1.165, 1.54) is 26.2 Å². The average molecular weight is 361 g/mol. The molecule has 0 saturated carbocycles. The molecule has 0 radical (unpaired) electrons. The van der Waals surface area contributed by atoms with Gasteiger partial charge in [-0.2, -0.15) is 8.42 Å². The highest BCUT2D eigenvalue weighted by atomic mass is 32.3. The van der Waals surface area contributed by atoms with Crippen molar-refractivity contribution in [1.82, 2.24) is 4.90 Å². The first-order valence-corrected chi connectivity index (χ1v) is 8.81. The minimum atomic E-state index is -4.61. The molecule has 1 amide bonds. The largest absolute Gasteiger partial charge is 0.496 e. The summed E-state index contributed by atoms with van der Waals surface area (Å²) >= 11 is 0. The SMILES string of the molecule is COc1cc(OC)c(CN2CC(CS(=O)(=O)F)CC2=O)c(OC)c1. The Bertz CT molecular complexity index is 696. The second kappa shape index (κ2) is 7.25. The van der Waals surface area contributed by atoms with Crippen LogP contribution in [0.4, 0.5) is 3.89 Å². The second-order valence-electron chi connectivity index (χ2n) is 5.56. The van der Waals surface area contributed by atoms with E-state index in [-0.39, 0.29) is 25.4 Å². The molecule has 1 aliphatic heterocycles. The fraction of sp³-hybridized carbons (Fsp3) is 0.533. The summed E-state index contributed by atoms with van der Waals surface area (Å²) in [6, 6.07) is 3.34. The number of likely N-dealkylation sites (tertiary alicyclic amines) is 1. The number of methoxy groups -OCH3 is 3. The predicted octanol–water partition coefficient (Wildman–Crippen LogP) is 1.36. The lowest BCUT2D eigenvalue weighted by Gasteiger charge is -2.21. The van der Waals surface area contributed by atoms with E-state index in [0.717, 1.165) is 0 Å². The number of benzene rings is 1. The Morgan fingerprint density at radius 3 is 2.21 bits per heavy atom. The van der Waals surface area contributed by atoms with Gasteiger partial charge < -0.3 is 19.1 Å². The molecule has 0 spiro atoms. The summed E-state index contributed by atoms with van der Waals surface area (Å²) in [4.78, 5) is 13.6. The number of halogens is 1. The van der Waals surface area contributed by atoms with Gasteiger partial charge in [-0.05, 0) is 0 Å². The molecule has 1 unspecified atom stereocenters. The van der Waals surface area contributed by atoms with Gasteiger partial charge in [0.25, 0.3) is 0 Å². The smallest absolute Gasteiger partial charge is 0.302 e. The van der Waals surface area contributed by atoms with E-state index in [1.807, 2.05) is 0 Å². The molecule has 7 nitrogen and oxygen atoms in total. The number of hydrogen-bond donors (Lipinski definition) is 0. The molecule has 134 valence electrons. The molecule has 1 fully saturated rings. The van der Waals surface area contributed by atoms with Gasteiger partial charge in [0, 0.05) is 31.0 Å². The molecule has 0 bridgehead atoms.